The standard InChI is InChI=1S/C18H21N3O3/c22-17(20-9-10-24-16-8-4-3-7-15(16)20)12-21-18(23)14-6-2-1-5-13(14)11-19-21/h1-2,5-6,11,15-16H,3-4,7-10,12H2/t15-,16-/m1/s1. The summed E-state index contributed by atoms with van der Waals surface area (Å²) in [5.74, 6) is -0.0416. The van der Waals surface area contributed by atoms with Crippen molar-refractivity contribution in [1.29, 1.82) is 0 Å². The number of rotatable bonds is 2. The van der Waals surface area contributed by atoms with Gasteiger partial charge in [-0.2, -0.15) is 5.10 Å². The van der Waals surface area contributed by atoms with Gasteiger partial charge in [0.05, 0.1) is 30.3 Å². The van der Waals surface area contributed by atoms with Gasteiger partial charge < -0.3 is 9.64 Å². The Hall–Kier alpha value is -2.21. The molecule has 0 spiro atoms. The summed E-state index contributed by atoms with van der Waals surface area (Å²) in [4.78, 5) is 27.2. The molecule has 1 aliphatic heterocycles. The van der Waals surface area contributed by atoms with E-state index in [0.29, 0.717) is 18.5 Å². The molecular weight excluding hydrogens is 306 g/mol. The van der Waals surface area contributed by atoms with Crippen molar-refractivity contribution in [1.82, 2.24) is 14.7 Å². The molecule has 2 aromatic rings. The van der Waals surface area contributed by atoms with E-state index >= 15 is 0 Å². The Kier molecular flexibility index (Phi) is 4.06. The van der Waals surface area contributed by atoms with Gasteiger partial charge in [0.25, 0.3) is 5.56 Å². The number of amides is 1. The van der Waals surface area contributed by atoms with Crippen LogP contribution in [0.3, 0.4) is 0 Å². The van der Waals surface area contributed by atoms with Gasteiger partial charge in [0, 0.05) is 11.9 Å². The highest BCUT2D eigenvalue weighted by Gasteiger charge is 2.36. The second-order valence-corrected chi connectivity index (χ2v) is 6.54. The molecule has 2 fully saturated rings. The highest BCUT2D eigenvalue weighted by atomic mass is 16.5. The van der Waals surface area contributed by atoms with Gasteiger partial charge in [0.2, 0.25) is 5.91 Å². The van der Waals surface area contributed by atoms with Gasteiger partial charge in [-0.05, 0) is 18.9 Å². The molecule has 1 saturated carbocycles. The van der Waals surface area contributed by atoms with Crippen LogP contribution < -0.4 is 5.56 Å². The summed E-state index contributed by atoms with van der Waals surface area (Å²) in [5, 5.41) is 5.56. The van der Waals surface area contributed by atoms with Crippen LogP contribution in [0, 0.1) is 0 Å². The fourth-order valence-electron chi connectivity index (χ4n) is 3.87. The van der Waals surface area contributed by atoms with E-state index in [-0.39, 0.29) is 30.2 Å². The number of hydrogen-bond donors (Lipinski definition) is 0. The Morgan fingerprint density at radius 1 is 1.25 bits per heavy atom. The Bertz CT molecular complexity index is 815. The predicted octanol–water partition coefficient (Wildman–Crippen LogP) is 1.57. The summed E-state index contributed by atoms with van der Waals surface area (Å²) in [6, 6.07) is 7.47. The van der Waals surface area contributed by atoms with Crippen molar-refractivity contribution >= 4 is 16.7 Å². The summed E-state index contributed by atoms with van der Waals surface area (Å²) in [7, 11) is 0. The average molecular weight is 327 g/mol. The van der Waals surface area contributed by atoms with E-state index in [1.165, 1.54) is 4.68 Å². The molecule has 2 heterocycles. The molecule has 1 amide bonds. The quantitative estimate of drug-likeness (QED) is 0.840. The number of ether oxygens (including phenoxy) is 1. The van der Waals surface area contributed by atoms with Crippen LogP contribution in [-0.2, 0) is 16.1 Å². The first kappa shape index (κ1) is 15.3. The molecule has 24 heavy (non-hydrogen) atoms. The molecule has 0 unspecified atom stereocenters. The molecule has 2 aliphatic rings. The number of fused-ring (bicyclic) bond motifs is 2. The normalized spacial score (nSPS) is 23.9. The van der Waals surface area contributed by atoms with Crippen molar-refractivity contribution in [2.24, 2.45) is 0 Å². The Balaban J connectivity index is 1.57. The van der Waals surface area contributed by atoms with E-state index in [2.05, 4.69) is 5.10 Å². The topological polar surface area (TPSA) is 64.4 Å². The number of carbonyl (C=O) groups is 1. The summed E-state index contributed by atoms with van der Waals surface area (Å²) in [6.45, 7) is 1.17. The van der Waals surface area contributed by atoms with Crippen molar-refractivity contribution in [3.05, 3.63) is 40.8 Å². The van der Waals surface area contributed by atoms with Crippen LogP contribution in [-0.4, -0.2) is 45.9 Å². The molecule has 4 rings (SSSR count). The van der Waals surface area contributed by atoms with Crippen LogP contribution in [0.15, 0.2) is 35.3 Å². The number of nitrogens with zero attached hydrogens (tertiary/aromatic N) is 3. The van der Waals surface area contributed by atoms with Gasteiger partial charge in [-0.1, -0.05) is 31.0 Å². The van der Waals surface area contributed by atoms with Crippen molar-refractivity contribution in [3.8, 4) is 0 Å². The number of carbonyl (C=O) groups excluding carboxylic acids is 1. The fraction of sp³-hybridized carbons (Fsp3) is 0.500. The summed E-state index contributed by atoms with van der Waals surface area (Å²) < 4.78 is 7.09. The highest BCUT2D eigenvalue weighted by Crippen LogP contribution is 2.28. The van der Waals surface area contributed by atoms with E-state index in [0.717, 1.165) is 31.1 Å². The van der Waals surface area contributed by atoms with Crippen LogP contribution in [0.5, 0.6) is 0 Å². The minimum atomic E-state index is -0.213. The van der Waals surface area contributed by atoms with Gasteiger partial charge in [-0.15, -0.1) is 0 Å². The molecule has 0 radical (unpaired) electrons. The second-order valence-electron chi connectivity index (χ2n) is 6.54. The first-order valence-electron chi connectivity index (χ1n) is 8.60. The fourth-order valence-corrected chi connectivity index (χ4v) is 3.87. The average Bonchev–Trinajstić information content (AvgIpc) is 2.63. The van der Waals surface area contributed by atoms with Gasteiger partial charge in [0.1, 0.15) is 6.54 Å². The SMILES string of the molecule is O=C(Cn1ncc2ccccc2c1=O)N1CCO[C@@H]2CCCC[C@H]21. The molecule has 6 heteroatoms. The van der Waals surface area contributed by atoms with Gasteiger partial charge >= 0.3 is 0 Å². The number of hydrogen-bond acceptors (Lipinski definition) is 4. The van der Waals surface area contributed by atoms with E-state index in [1.54, 1.807) is 12.3 Å². The summed E-state index contributed by atoms with van der Waals surface area (Å²) in [5.41, 5.74) is -0.213. The zero-order valence-electron chi connectivity index (χ0n) is 13.6. The largest absolute Gasteiger partial charge is 0.374 e. The predicted molar refractivity (Wildman–Crippen MR) is 89.7 cm³/mol. The maximum Gasteiger partial charge on any atom is 0.275 e. The molecule has 1 aromatic carbocycles. The molecule has 1 aliphatic carbocycles. The summed E-state index contributed by atoms with van der Waals surface area (Å²) >= 11 is 0. The number of benzene rings is 1. The van der Waals surface area contributed by atoms with Crippen molar-refractivity contribution in [2.45, 2.75) is 44.4 Å². The lowest BCUT2D eigenvalue weighted by Gasteiger charge is -2.43. The molecule has 2 atom stereocenters. The van der Waals surface area contributed by atoms with Crippen LogP contribution in [0.25, 0.3) is 10.8 Å². The third kappa shape index (κ3) is 2.71. The van der Waals surface area contributed by atoms with Crippen LogP contribution in [0.4, 0.5) is 0 Å². The Labute approximate surface area is 140 Å². The molecular formula is C18H21N3O3. The maximum absolute atomic E-state index is 12.8. The van der Waals surface area contributed by atoms with Crippen molar-refractivity contribution < 1.29 is 9.53 Å². The Morgan fingerprint density at radius 2 is 2.08 bits per heavy atom. The summed E-state index contributed by atoms with van der Waals surface area (Å²) in [6.07, 6.45) is 6.08. The number of morpholine rings is 1. The van der Waals surface area contributed by atoms with Gasteiger partial charge in [-0.25, -0.2) is 4.68 Å². The zero-order chi connectivity index (χ0) is 16.5. The molecule has 6 nitrogen and oxygen atoms in total. The first-order valence-corrected chi connectivity index (χ1v) is 8.60. The van der Waals surface area contributed by atoms with E-state index in [4.69, 9.17) is 4.74 Å². The van der Waals surface area contributed by atoms with Crippen LogP contribution in [0.1, 0.15) is 25.7 Å². The first-order chi connectivity index (χ1) is 11.7. The van der Waals surface area contributed by atoms with E-state index in [1.807, 2.05) is 23.1 Å². The van der Waals surface area contributed by atoms with E-state index in [9.17, 15) is 9.59 Å². The third-order valence-corrected chi connectivity index (χ3v) is 5.10. The molecule has 1 saturated heterocycles. The lowest BCUT2D eigenvalue weighted by Crippen LogP contribution is -2.55. The highest BCUT2D eigenvalue weighted by molar-refractivity contribution is 5.81. The van der Waals surface area contributed by atoms with Crippen LogP contribution >= 0.6 is 0 Å². The molecule has 1 aromatic heterocycles. The van der Waals surface area contributed by atoms with Crippen LogP contribution in [0.2, 0.25) is 0 Å². The van der Waals surface area contributed by atoms with Crippen molar-refractivity contribution in [2.75, 3.05) is 13.2 Å². The molecule has 0 N–H and O–H groups in total. The van der Waals surface area contributed by atoms with Gasteiger partial charge in [-0.3, -0.25) is 9.59 Å². The number of aromatic nitrogens is 2. The second kappa shape index (κ2) is 6.36. The zero-order valence-corrected chi connectivity index (χ0v) is 13.6. The Morgan fingerprint density at radius 3 is 3.00 bits per heavy atom. The maximum atomic E-state index is 12.8. The third-order valence-electron chi connectivity index (χ3n) is 5.10. The lowest BCUT2D eigenvalue weighted by atomic mass is 9.90. The smallest absolute Gasteiger partial charge is 0.275 e. The van der Waals surface area contributed by atoms with Crippen molar-refractivity contribution in [3.63, 3.8) is 0 Å². The minimum absolute atomic E-state index is 0.00706. The monoisotopic (exact) mass is 327 g/mol. The van der Waals surface area contributed by atoms with Gasteiger partial charge in [0.15, 0.2) is 0 Å². The minimum Gasteiger partial charge on any atom is -0.374 e. The van der Waals surface area contributed by atoms with E-state index < -0.39 is 0 Å². The lowest BCUT2D eigenvalue weighted by molar-refractivity contribution is -0.150. The molecule has 0 bridgehead atoms. The molecule has 126 valence electrons.